The van der Waals surface area contributed by atoms with Crippen LogP contribution in [0.4, 0.5) is 0 Å². The summed E-state index contributed by atoms with van der Waals surface area (Å²) in [5.74, 6) is 0.797. The van der Waals surface area contributed by atoms with E-state index in [0.717, 1.165) is 22.4 Å². The molecule has 0 fully saturated rings. The Bertz CT molecular complexity index is 611. The molecule has 0 saturated heterocycles. The smallest absolute Gasteiger partial charge is 0 e. The van der Waals surface area contributed by atoms with Gasteiger partial charge in [0.1, 0.15) is 5.75 Å². The summed E-state index contributed by atoms with van der Waals surface area (Å²) in [6, 6.07) is 13.8. The molecule has 2 aromatic rings. The van der Waals surface area contributed by atoms with Crippen LogP contribution in [0.2, 0.25) is 0 Å². The average Bonchev–Trinajstić information content (AvgIpc) is 2.66. The van der Waals surface area contributed by atoms with Crippen LogP contribution >= 0.6 is 0 Å². The normalized spacial score (nSPS) is 7.54. The monoisotopic (exact) mass is 364 g/mol. The van der Waals surface area contributed by atoms with Crippen molar-refractivity contribution in [3.8, 4) is 16.9 Å². The van der Waals surface area contributed by atoms with Crippen LogP contribution in [0.5, 0.6) is 5.75 Å². The third kappa shape index (κ3) is 7.48. The Kier molecular flexibility index (Phi) is 19.3. The molecule has 0 aliphatic heterocycles. The molecule has 0 aliphatic rings. The second-order valence-electron chi connectivity index (χ2n) is 3.97. The van der Waals surface area contributed by atoms with Crippen molar-refractivity contribution in [3.63, 3.8) is 0 Å². The number of methoxy groups -OCH3 is 1. The van der Waals surface area contributed by atoms with Crippen molar-refractivity contribution in [3.05, 3.63) is 73.5 Å². The molecule has 0 amide bonds. The van der Waals surface area contributed by atoms with Crippen molar-refractivity contribution >= 4 is 0 Å². The SMILES string of the molecule is COc1cccc(CO)c1-c1ccccc1C.[C-]#[O+].[C-]#[O+].[C-]#[O+].[Cr]. The Balaban J connectivity index is -0.000000569. The van der Waals surface area contributed by atoms with Gasteiger partial charge in [-0.3, -0.25) is 0 Å². The maximum absolute atomic E-state index is 9.44. The molecule has 0 atom stereocenters. The van der Waals surface area contributed by atoms with Crippen LogP contribution in [0.15, 0.2) is 42.5 Å². The minimum atomic E-state index is 0. The summed E-state index contributed by atoms with van der Waals surface area (Å²) < 4.78 is 27.9. The van der Waals surface area contributed by atoms with E-state index in [-0.39, 0.29) is 24.0 Å². The molecule has 0 spiro atoms. The van der Waals surface area contributed by atoms with E-state index in [4.69, 9.17) is 18.7 Å². The molecule has 2 aromatic carbocycles. The minimum absolute atomic E-state index is 0. The van der Waals surface area contributed by atoms with E-state index in [1.165, 1.54) is 5.56 Å². The number of aliphatic hydroxyl groups is 1. The predicted octanol–water partition coefficient (Wildman–Crippen LogP) is 3.05. The van der Waals surface area contributed by atoms with Gasteiger partial charge in [-0.15, -0.1) is 0 Å². The Morgan fingerprint density at radius 2 is 1.46 bits per heavy atom. The fraction of sp³-hybridized carbons (Fsp3) is 0.167. The summed E-state index contributed by atoms with van der Waals surface area (Å²) >= 11 is 0. The van der Waals surface area contributed by atoms with E-state index in [0.29, 0.717) is 0 Å². The Morgan fingerprint density at radius 1 is 0.917 bits per heavy atom. The largest absolute Gasteiger partial charge is 0 e. The maximum atomic E-state index is 9.44. The first-order chi connectivity index (χ1) is 11.3. The molecule has 24 heavy (non-hydrogen) atoms. The second-order valence-corrected chi connectivity index (χ2v) is 3.97. The number of ether oxygens (including phenoxy) is 1. The first-order valence-corrected chi connectivity index (χ1v) is 6.22. The van der Waals surface area contributed by atoms with Crippen LogP contribution in [-0.2, 0) is 37.9 Å². The molecule has 6 heteroatoms. The second kappa shape index (κ2) is 17.3. The van der Waals surface area contributed by atoms with Gasteiger partial charge in [0.15, 0.2) is 0 Å². The van der Waals surface area contributed by atoms with Crippen LogP contribution in [0.25, 0.3) is 11.1 Å². The Hall–Kier alpha value is -2.05. The fourth-order valence-corrected chi connectivity index (χ4v) is 2.04. The van der Waals surface area contributed by atoms with Gasteiger partial charge in [-0.05, 0) is 29.7 Å². The van der Waals surface area contributed by atoms with Crippen LogP contribution < -0.4 is 4.74 Å². The zero-order valence-electron chi connectivity index (χ0n) is 13.2. The molecule has 124 valence electrons. The van der Waals surface area contributed by atoms with Crippen molar-refractivity contribution in [1.82, 2.24) is 0 Å². The van der Waals surface area contributed by atoms with Gasteiger partial charge in [0.2, 0.25) is 0 Å². The van der Waals surface area contributed by atoms with Gasteiger partial charge in [0.25, 0.3) is 0 Å². The zero-order valence-corrected chi connectivity index (χ0v) is 14.5. The maximum Gasteiger partial charge on any atom is 0 e. The number of hydrogen-bond acceptors (Lipinski definition) is 2. The third-order valence-electron chi connectivity index (χ3n) is 2.92. The van der Waals surface area contributed by atoms with Crippen molar-refractivity contribution in [2.45, 2.75) is 13.5 Å². The number of rotatable bonds is 3. The van der Waals surface area contributed by atoms with Crippen molar-refractivity contribution in [1.29, 1.82) is 0 Å². The molecule has 0 aromatic heterocycles. The van der Waals surface area contributed by atoms with E-state index < -0.39 is 0 Å². The van der Waals surface area contributed by atoms with Gasteiger partial charge < -0.3 is 9.84 Å². The molecule has 0 aliphatic carbocycles. The topological polar surface area (TPSA) is 89.2 Å². The van der Waals surface area contributed by atoms with E-state index in [2.05, 4.69) is 32.9 Å². The quantitative estimate of drug-likeness (QED) is 0.670. The standard InChI is InChI=1S/C15H16O2.3CO.Cr/c1-11-6-3-4-8-13(11)15-12(10-16)7-5-9-14(15)17-2;3*1-2;/h3-9,16H,10H2,1-2H3;;;;. The van der Waals surface area contributed by atoms with Crippen LogP contribution in [-0.4, -0.2) is 12.2 Å². The molecule has 2 rings (SSSR count). The van der Waals surface area contributed by atoms with E-state index in [9.17, 15) is 5.11 Å². The molecule has 1 N–H and O–H groups in total. The van der Waals surface area contributed by atoms with E-state index in [1.54, 1.807) is 7.11 Å². The van der Waals surface area contributed by atoms with E-state index >= 15 is 0 Å². The summed E-state index contributed by atoms with van der Waals surface area (Å²) in [4.78, 5) is 0. The summed E-state index contributed by atoms with van der Waals surface area (Å²) in [5, 5.41) is 9.44. The molecule has 5 nitrogen and oxygen atoms in total. The first kappa shape index (κ1) is 26.8. The molecule has 0 unspecified atom stereocenters. The van der Waals surface area contributed by atoms with Crippen LogP contribution in [0.1, 0.15) is 11.1 Å². The van der Waals surface area contributed by atoms with Gasteiger partial charge in [-0.25, -0.2) is 0 Å². The molecule has 0 radical (unpaired) electrons. The van der Waals surface area contributed by atoms with Crippen molar-refractivity contribution < 1.29 is 41.2 Å². The van der Waals surface area contributed by atoms with Gasteiger partial charge in [-0.2, -0.15) is 0 Å². The van der Waals surface area contributed by atoms with Crippen molar-refractivity contribution in [2.24, 2.45) is 0 Å². The van der Waals surface area contributed by atoms with Gasteiger partial charge in [0, 0.05) is 22.9 Å². The molecule has 0 heterocycles. The number of hydrogen-bond donors (Lipinski definition) is 1. The Labute approximate surface area is 152 Å². The molecular weight excluding hydrogens is 348 g/mol. The minimum Gasteiger partial charge on any atom is 0 e. The van der Waals surface area contributed by atoms with Gasteiger partial charge in [-0.1, -0.05) is 36.4 Å². The zero-order chi connectivity index (χ0) is 18.3. The van der Waals surface area contributed by atoms with Crippen LogP contribution in [0.3, 0.4) is 0 Å². The predicted molar refractivity (Wildman–Crippen MR) is 80.9 cm³/mol. The first-order valence-electron chi connectivity index (χ1n) is 6.22. The number of aryl methyl sites for hydroxylation is 1. The van der Waals surface area contributed by atoms with Crippen LogP contribution in [0, 0.1) is 26.9 Å². The van der Waals surface area contributed by atoms with E-state index in [1.807, 2.05) is 36.4 Å². The average molecular weight is 364 g/mol. The summed E-state index contributed by atoms with van der Waals surface area (Å²) in [7, 11) is 1.65. The fourth-order valence-electron chi connectivity index (χ4n) is 2.04. The summed E-state index contributed by atoms with van der Waals surface area (Å²) in [5.41, 5.74) is 4.15. The number of aliphatic hydroxyl groups excluding tert-OH is 1. The molecular formula is C18H16CrO5. The number of benzene rings is 2. The molecule has 0 saturated carbocycles. The van der Waals surface area contributed by atoms with Gasteiger partial charge in [0.05, 0.1) is 13.7 Å². The molecule has 0 bridgehead atoms. The summed E-state index contributed by atoms with van der Waals surface area (Å²) in [6.07, 6.45) is 0. The Morgan fingerprint density at radius 3 is 1.92 bits per heavy atom. The van der Waals surface area contributed by atoms with Crippen molar-refractivity contribution in [2.75, 3.05) is 7.11 Å². The van der Waals surface area contributed by atoms with Gasteiger partial charge >= 0.3 is 33.9 Å². The summed E-state index contributed by atoms with van der Waals surface area (Å²) in [6.45, 7) is 15.6. The third-order valence-corrected chi connectivity index (χ3v) is 2.92.